The molecule has 8 nitrogen and oxygen atoms in total. The van der Waals surface area contributed by atoms with E-state index in [1.165, 1.54) is 24.9 Å². The molecule has 0 saturated heterocycles. The Kier molecular flexibility index (Phi) is 5.45. The minimum atomic E-state index is -0.975. The average Bonchev–Trinajstić information content (AvgIpc) is 2.70. The van der Waals surface area contributed by atoms with Crippen molar-refractivity contribution in [2.24, 2.45) is 7.05 Å². The highest BCUT2D eigenvalue weighted by Gasteiger charge is 2.28. The number of aromatic amines is 1. The molecule has 0 bridgehead atoms. The molecule has 1 atom stereocenters. The molecule has 3 aromatic rings. The lowest BCUT2D eigenvalue weighted by molar-refractivity contribution is -0.140. The molecule has 3 rings (SSSR count). The second-order valence-electron chi connectivity index (χ2n) is 6.79. The molecule has 0 aliphatic rings. The van der Waals surface area contributed by atoms with E-state index in [4.69, 9.17) is 9.47 Å². The predicted octanol–water partition coefficient (Wildman–Crippen LogP) is 1.94. The first kappa shape index (κ1) is 20.2. The second-order valence-corrected chi connectivity index (χ2v) is 6.79. The highest BCUT2D eigenvalue weighted by Crippen LogP contribution is 2.32. The number of aromatic nitrogens is 2. The van der Waals surface area contributed by atoms with E-state index in [2.05, 4.69) is 4.98 Å². The molecule has 0 radical (unpaired) electrons. The van der Waals surface area contributed by atoms with E-state index >= 15 is 0 Å². The normalized spacial score (nSPS) is 12.0. The molecule has 1 aromatic carbocycles. The van der Waals surface area contributed by atoms with Crippen LogP contribution in [0.2, 0.25) is 0 Å². The van der Waals surface area contributed by atoms with Gasteiger partial charge >= 0.3 is 5.97 Å². The number of aromatic hydroxyl groups is 1. The Morgan fingerprint density at radius 1 is 1.21 bits per heavy atom. The summed E-state index contributed by atoms with van der Waals surface area (Å²) < 4.78 is 11.3. The molecule has 0 fully saturated rings. The largest absolute Gasteiger partial charge is 0.507 e. The molecule has 152 valence electrons. The van der Waals surface area contributed by atoms with Crippen LogP contribution in [0.5, 0.6) is 11.5 Å². The van der Waals surface area contributed by atoms with Crippen LogP contribution in [0.3, 0.4) is 0 Å². The second kappa shape index (κ2) is 7.83. The maximum atomic E-state index is 12.9. The van der Waals surface area contributed by atoms with E-state index in [1.54, 1.807) is 38.2 Å². The number of H-pyrrole nitrogens is 1. The van der Waals surface area contributed by atoms with Crippen LogP contribution in [0.4, 0.5) is 0 Å². The third kappa shape index (κ3) is 3.73. The van der Waals surface area contributed by atoms with Crippen LogP contribution >= 0.6 is 0 Å². The Balaban J connectivity index is 2.28. The number of ether oxygens (including phenoxy) is 2. The van der Waals surface area contributed by atoms with E-state index in [0.717, 1.165) is 0 Å². The number of carbonyl (C=O) groups is 1. The Labute approximate surface area is 166 Å². The van der Waals surface area contributed by atoms with Crippen molar-refractivity contribution in [1.82, 2.24) is 9.55 Å². The zero-order chi connectivity index (χ0) is 21.3. The van der Waals surface area contributed by atoms with Crippen molar-refractivity contribution < 1.29 is 19.4 Å². The number of rotatable bonds is 5. The molecule has 1 unspecified atom stereocenters. The predicted molar refractivity (Wildman–Crippen MR) is 108 cm³/mol. The summed E-state index contributed by atoms with van der Waals surface area (Å²) in [7, 11) is 4.31. The number of fused-ring (bicyclic) bond motifs is 1. The fourth-order valence-corrected chi connectivity index (χ4v) is 3.35. The molecule has 0 saturated carbocycles. The maximum absolute atomic E-state index is 12.9. The minimum absolute atomic E-state index is 0.0261. The molecular weight excluding hydrogens is 376 g/mol. The summed E-state index contributed by atoms with van der Waals surface area (Å²) in [5.74, 6) is -1.27. The number of aryl methyl sites for hydroxylation is 1. The lowest BCUT2D eigenvalue weighted by atomic mass is 9.88. The van der Waals surface area contributed by atoms with Crippen LogP contribution in [-0.2, 0) is 16.6 Å². The lowest BCUT2D eigenvalue weighted by Gasteiger charge is -2.19. The molecule has 0 aliphatic carbocycles. The van der Waals surface area contributed by atoms with Gasteiger partial charge in [0, 0.05) is 30.3 Å². The standard InChI is InChI=1S/C21H22N2O6/c1-11-7-17(24)19(21(27)23(11)2)14(10-18(25)29-4)15-8-12-5-6-13(28-3)9-16(12)22-20(15)26/h5-9,14,24H,10H2,1-4H3,(H,22,26). The molecule has 0 amide bonds. The average molecular weight is 398 g/mol. The van der Waals surface area contributed by atoms with E-state index in [-0.39, 0.29) is 23.3 Å². The van der Waals surface area contributed by atoms with Crippen molar-refractivity contribution in [2.45, 2.75) is 19.3 Å². The van der Waals surface area contributed by atoms with Gasteiger partial charge in [-0.15, -0.1) is 0 Å². The summed E-state index contributed by atoms with van der Waals surface area (Å²) in [6.07, 6.45) is -0.271. The summed E-state index contributed by atoms with van der Waals surface area (Å²) >= 11 is 0. The zero-order valence-corrected chi connectivity index (χ0v) is 16.6. The first-order valence-electron chi connectivity index (χ1n) is 8.94. The van der Waals surface area contributed by atoms with Crippen LogP contribution in [0.25, 0.3) is 10.9 Å². The van der Waals surface area contributed by atoms with Crippen molar-refractivity contribution in [1.29, 1.82) is 0 Å². The Hall–Kier alpha value is -3.55. The number of pyridine rings is 2. The van der Waals surface area contributed by atoms with Gasteiger partial charge in [0.05, 0.1) is 31.7 Å². The van der Waals surface area contributed by atoms with Crippen molar-refractivity contribution in [3.8, 4) is 11.5 Å². The summed E-state index contributed by atoms with van der Waals surface area (Å²) in [5, 5.41) is 11.2. The topological polar surface area (TPSA) is 111 Å². The summed E-state index contributed by atoms with van der Waals surface area (Å²) in [4.78, 5) is 40.5. The summed E-state index contributed by atoms with van der Waals surface area (Å²) in [6, 6.07) is 8.22. The van der Waals surface area contributed by atoms with Gasteiger partial charge in [0.15, 0.2) is 0 Å². The first-order valence-corrected chi connectivity index (χ1v) is 8.94. The van der Waals surface area contributed by atoms with Gasteiger partial charge in [0.2, 0.25) is 0 Å². The number of nitrogens with one attached hydrogen (secondary N) is 1. The molecular formula is C21H22N2O6. The molecule has 0 aliphatic heterocycles. The van der Waals surface area contributed by atoms with Gasteiger partial charge in [0.1, 0.15) is 11.5 Å². The molecule has 2 aromatic heterocycles. The number of methoxy groups -OCH3 is 2. The molecule has 29 heavy (non-hydrogen) atoms. The smallest absolute Gasteiger partial charge is 0.306 e. The Morgan fingerprint density at radius 2 is 1.93 bits per heavy atom. The molecule has 0 spiro atoms. The van der Waals surface area contributed by atoms with E-state index in [9.17, 15) is 19.5 Å². The lowest BCUT2D eigenvalue weighted by Crippen LogP contribution is -2.29. The zero-order valence-electron chi connectivity index (χ0n) is 16.6. The maximum Gasteiger partial charge on any atom is 0.306 e. The number of hydrogen-bond acceptors (Lipinski definition) is 6. The van der Waals surface area contributed by atoms with Crippen LogP contribution in [0.15, 0.2) is 39.9 Å². The van der Waals surface area contributed by atoms with Crippen molar-refractivity contribution >= 4 is 16.9 Å². The quantitative estimate of drug-likeness (QED) is 0.636. The summed E-state index contributed by atoms with van der Waals surface area (Å²) in [6.45, 7) is 1.68. The number of nitrogens with zero attached hydrogens (tertiary/aromatic N) is 1. The van der Waals surface area contributed by atoms with Crippen molar-refractivity contribution in [3.63, 3.8) is 0 Å². The molecule has 2 heterocycles. The van der Waals surface area contributed by atoms with Gasteiger partial charge in [-0.2, -0.15) is 0 Å². The van der Waals surface area contributed by atoms with Crippen molar-refractivity contribution in [3.05, 3.63) is 67.9 Å². The van der Waals surface area contributed by atoms with Crippen LogP contribution in [-0.4, -0.2) is 34.8 Å². The van der Waals surface area contributed by atoms with Gasteiger partial charge in [-0.05, 0) is 36.6 Å². The number of carbonyl (C=O) groups excluding carboxylic acids is 1. The number of esters is 1. The monoisotopic (exact) mass is 398 g/mol. The van der Waals surface area contributed by atoms with Gasteiger partial charge in [0.25, 0.3) is 11.1 Å². The van der Waals surface area contributed by atoms with Gasteiger partial charge in [-0.25, -0.2) is 0 Å². The highest BCUT2D eigenvalue weighted by molar-refractivity contribution is 5.81. The van der Waals surface area contributed by atoms with E-state index < -0.39 is 23.0 Å². The third-order valence-electron chi connectivity index (χ3n) is 5.09. The van der Waals surface area contributed by atoms with Crippen molar-refractivity contribution in [2.75, 3.05) is 14.2 Å². The highest BCUT2D eigenvalue weighted by atomic mass is 16.5. The SMILES string of the molecule is COC(=O)CC(c1cc2ccc(OC)cc2[nH]c1=O)c1c(O)cc(C)n(C)c1=O. The first-order chi connectivity index (χ1) is 13.8. The minimum Gasteiger partial charge on any atom is -0.507 e. The Bertz CT molecular complexity index is 1210. The number of benzene rings is 1. The van der Waals surface area contributed by atoms with Gasteiger partial charge in [-0.3, -0.25) is 14.4 Å². The summed E-state index contributed by atoms with van der Waals surface area (Å²) in [5.41, 5.74) is 0.307. The van der Waals surface area contributed by atoms with Gasteiger partial charge in [-0.1, -0.05) is 0 Å². The van der Waals surface area contributed by atoms with Crippen LogP contribution in [0, 0.1) is 6.92 Å². The molecule has 2 N–H and O–H groups in total. The van der Waals surface area contributed by atoms with Crippen LogP contribution < -0.4 is 15.9 Å². The fourth-order valence-electron chi connectivity index (χ4n) is 3.35. The number of hydrogen-bond donors (Lipinski definition) is 2. The Morgan fingerprint density at radius 3 is 2.59 bits per heavy atom. The molecule has 8 heteroatoms. The van der Waals surface area contributed by atoms with Crippen LogP contribution in [0.1, 0.15) is 29.2 Å². The van der Waals surface area contributed by atoms with Gasteiger partial charge < -0.3 is 24.1 Å². The van der Waals surface area contributed by atoms with E-state index in [0.29, 0.717) is 22.3 Å². The fraction of sp³-hybridized carbons (Fsp3) is 0.286. The van der Waals surface area contributed by atoms with E-state index in [1.807, 2.05) is 0 Å². The third-order valence-corrected chi connectivity index (χ3v) is 5.09.